The van der Waals surface area contributed by atoms with Gasteiger partial charge in [-0.3, -0.25) is 18.8 Å². The number of ether oxygens (including phenoxy) is 2. The second-order valence-corrected chi connectivity index (χ2v) is 15.0. The molecular weight excluding hydrogens is 710 g/mol. The molecule has 0 radical (unpaired) electrons. The Balaban J connectivity index is 1.16. The lowest BCUT2D eigenvalue weighted by Gasteiger charge is -2.25. The van der Waals surface area contributed by atoms with Gasteiger partial charge in [0, 0.05) is 69.0 Å². The van der Waals surface area contributed by atoms with Gasteiger partial charge in [-0.2, -0.15) is 13.5 Å². The Bertz CT molecular complexity index is 2030. The molecular formula is C35H35Cl2FN4O7S. The van der Waals surface area contributed by atoms with Crippen molar-refractivity contribution < 1.29 is 36.4 Å². The van der Waals surface area contributed by atoms with Crippen LogP contribution in [-0.4, -0.2) is 66.6 Å². The first-order chi connectivity index (χ1) is 23.8. The monoisotopic (exact) mass is 744 g/mol. The highest BCUT2D eigenvalue weighted by atomic mass is 35.5. The number of rotatable bonds is 12. The van der Waals surface area contributed by atoms with Crippen molar-refractivity contribution in [1.29, 1.82) is 0 Å². The van der Waals surface area contributed by atoms with E-state index in [9.17, 15) is 18.0 Å². The van der Waals surface area contributed by atoms with Crippen LogP contribution in [0, 0.1) is 18.2 Å². The van der Waals surface area contributed by atoms with Crippen LogP contribution in [0.5, 0.6) is 11.5 Å². The maximum Gasteiger partial charge on any atom is 0.266 e. The molecule has 6 rings (SSSR count). The molecule has 1 spiro atoms. The maximum atomic E-state index is 15.2. The van der Waals surface area contributed by atoms with Gasteiger partial charge in [-0.05, 0) is 56.5 Å². The van der Waals surface area contributed by atoms with Crippen LogP contribution in [0.15, 0.2) is 60.9 Å². The van der Waals surface area contributed by atoms with E-state index in [1.54, 1.807) is 18.5 Å². The van der Waals surface area contributed by atoms with E-state index in [4.69, 9.17) is 37.2 Å². The first-order valence-corrected chi connectivity index (χ1v) is 18.4. The van der Waals surface area contributed by atoms with Crippen molar-refractivity contribution in [2.45, 2.75) is 39.2 Å². The Morgan fingerprint density at radius 3 is 2.66 bits per heavy atom. The van der Waals surface area contributed by atoms with Gasteiger partial charge < -0.3 is 19.7 Å². The van der Waals surface area contributed by atoms with Gasteiger partial charge in [0.05, 0.1) is 37.4 Å². The van der Waals surface area contributed by atoms with Gasteiger partial charge in [0.15, 0.2) is 5.75 Å². The number of amides is 2. The summed E-state index contributed by atoms with van der Waals surface area (Å²) in [5.41, 5.74) is 2.85. The smallest absolute Gasteiger partial charge is 0.266 e. The molecule has 1 aromatic heterocycles. The SMILES string of the molecule is Cc1c(Cl)cccc1OCCCC(=O)N1CC2(CC2)COc2c(-c3cnn(Cc4c(F)cc(C(=O)NCCS(=O)(=O)O)cc4Cl)c3)cccc21. The summed E-state index contributed by atoms with van der Waals surface area (Å²) in [5, 5.41) is 7.33. The Kier molecular flexibility index (Phi) is 10.4. The van der Waals surface area contributed by atoms with Crippen molar-refractivity contribution in [3.8, 4) is 22.6 Å². The van der Waals surface area contributed by atoms with Crippen LogP contribution < -0.4 is 19.7 Å². The molecule has 50 heavy (non-hydrogen) atoms. The number of hydrogen-bond donors (Lipinski definition) is 2. The quantitative estimate of drug-likeness (QED) is 0.127. The number of benzene rings is 3. The fourth-order valence-corrected chi connectivity index (χ4v) is 6.62. The number of para-hydroxylation sites is 1. The van der Waals surface area contributed by atoms with Crippen molar-refractivity contribution >= 4 is 50.8 Å². The number of carbonyl (C=O) groups is 2. The zero-order valence-electron chi connectivity index (χ0n) is 27.1. The van der Waals surface area contributed by atoms with Gasteiger partial charge in [0.25, 0.3) is 16.0 Å². The molecule has 1 saturated carbocycles. The standard InChI is InChI=1S/C35H35Cl2FN4O7S/c1-22-27(36)6-3-8-31(22)48-13-4-9-32(43)42-20-35(10-11-35)21-49-33-25(5-2-7-30(33)42)24-17-40-41(18-24)19-26-28(37)15-23(16-29(26)38)34(44)39-12-14-50(45,46)47/h2-3,5-8,15-18H,4,9-14,19-21H2,1H3,(H,39,44)(H,45,46,47). The third-order valence-corrected chi connectivity index (χ3v) is 10.3. The predicted molar refractivity (Wildman–Crippen MR) is 187 cm³/mol. The number of anilines is 1. The van der Waals surface area contributed by atoms with Gasteiger partial charge in [0.1, 0.15) is 11.6 Å². The molecule has 0 bridgehead atoms. The number of hydrogen-bond acceptors (Lipinski definition) is 7. The summed E-state index contributed by atoms with van der Waals surface area (Å²) in [5.74, 6) is -0.926. The van der Waals surface area contributed by atoms with Gasteiger partial charge in [0.2, 0.25) is 5.91 Å². The van der Waals surface area contributed by atoms with E-state index in [0.29, 0.717) is 54.0 Å². The molecule has 2 aliphatic rings. The minimum absolute atomic E-state index is 0.0177. The number of carbonyl (C=O) groups excluding carboxylic acids is 2. The topological polar surface area (TPSA) is 140 Å². The third kappa shape index (κ3) is 8.23. The van der Waals surface area contributed by atoms with Crippen LogP contribution in [0.2, 0.25) is 10.0 Å². The second kappa shape index (κ2) is 14.6. The largest absolute Gasteiger partial charge is 0.493 e. The van der Waals surface area contributed by atoms with E-state index >= 15 is 4.39 Å². The van der Waals surface area contributed by atoms with E-state index in [1.807, 2.05) is 42.2 Å². The van der Waals surface area contributed by atoms with E-state index < -0.39 is 27.6 Å². The molecule has 264 valence electrons. The summed E-state index contributed by atoms with van der Waals surface area (Å²) >= 11 is 12.6. The van der Waals surface area contributed by atoms with Gasteiger partial charge in [-0.15, -0.1) is 0 Å². The summed E-state index contributed by atoms with van der Waals surface area (Å²) in [6, 6.07) is 13.4. The Hall–Kier alpha value is -4.17. The molecule has 4 aromatic rings. The van der Waals surface area contributed by atoms with Gasteiger partial charge in [-0.1, -0.05) is 41.4 Å². The van der Waals surface area contributed by atoms with Crippen LogP contribution in [0.1, 0.15) is 47.2 Å². The molecule has 2 N–H and O–H groups in total. The number of nitrogens with one attached hydrogen (secondary N) is 1. The minimum atomic E-state index is -4.27. The molecule has 0 atom stereocenters. The van der Waals surface area contributed by atoms with E-state index in [1.165, 1.54) is 10.7 Å². The van der Waals surface area contributed by atoms with E-state index in [-0.39, 0.29) is 47.0 Å². The Morgan fingerprint density at radius 1 is 1.14 bits per heavy atom. The van der Waals surface area contributed by atoms with Crippen molar-refractivity contribution in [1.82, 2.24) is 15.1 Å². The molecule has 0 unspecified atom stereocenters. The molecule has 15 heteroatoms. The predicted octanol–water partition coefficient (Wildman–Crippen LogP) is 6.34. The number of halogens is 3. The number of nitrogens with zero attached hydrogens (tertiary/aromatic N) is 3. The summed E-state index contributed by atoms with van der Waals surface area (Å²) in [6.45, 7) is 2.89. The highest BCUT2D eigenvalue weighted by molar-refractivity contribution is 7.85. The minimum Gasteiger partial charge on any atom is -0.493 e. The van der Waals surface area contributed by atoms with Gasteiger partial charge >= 0.3 is 0 Å². The van der Waals surface area contributed by atoms with E-state index in [0.717, 1.165) is 30.0 Å². The molecule has 1 aliphatic carbocycles. The van der Waals surface area contributed by atoms with E-state index in [2.05, 4.69) is 10.4 Å². The normalized spacial score (nSPS) is 14.9. The van der Waals surface area contributed by atoms with Gasteiger partial charge in [-0.25, -0.2) is 4.39 Å². The second-order valence-electron chi connectivity index (χ2n) is 12.6. The molecule has 2 amide bonds. The molecule has 1 fully saturated rings. The molecule has 0 saturated heterocycles. The molecule has 2 heterocycles. The number of aromatic nitrogens is 2. The number of fused-ring (bicyclic) bond motifs is 1. The van der Waals surface area contributed by atoms with Crippen molar-refractivity contribution in [2.24, 2.45) is 5.41 Å². The Morgan fingerprint density at radius 2 is 1.92 bits per heavy atom. The first-order valence-electron chi connectivity index (χ1n) is 16.0. The lowest BCUT2D eigenvalue weighted by Crippen LogP contribution is -2.36. The summed E-state index contributed by atoms with van der Waals surface area (Å²) in [7, 11) is -4.27. The zero-order valence-corrected chi connectivity index (χ0v) is 29.5. The molecule has 3 aromatic carbocycles. The third-order valence-electron chi connectivity index (χ3n) is 8.88. The lowest BCUT2D eigenvalue weighted by molar-refractivity contribution is -0.119. The average molecular weight is 746 g/mol. The fourth-order valence-electron chi connectivity index (χ4n) is 5.83. The van der Waals surface area contributed by atoms with Crippen LogP contribution >= 0.6 is 23.2 Å². The van der Waals surface area contributed by atoms with Crippen LogP contribution in [-0.2, 0) is 21.5 Å². The summed E-state index contributed by atoms with van der Waals surface area (Å²) in [4.78, 5) is 27.9. The van der Waals surface area contributed by atoms with Crippen molar-refractivity contribution in [3.63, 3.8) is 0 Å². The first kappa shape index (κ1) is 35.6. The average Bonchev–Trinajstić information content (AvgIpc) is 3.73. The maximum absolute atomic E-state index is 15.2. The zero-order chi connectivity index (χ0) is 35.6. The highest BCUT2D eigenvalue weighted by Gasteiger charge is 2.48. The highest BCUT2D eigenvalue weighted by Crippen LogP contribution is 2.52. The van der Waals surface area contributed by atoms with Crippen LogP contribution in [0.25, 0.3) is 11.1 Å². The van der Waals surface area contributed by atoms with Crippen molar-refractivity contribution in [2.75, 3.05) is 37.0 Å². The van der Waals surface area contributed by atoms with Crippen molar-refractivity contribution in [3.05, 3.63) is 93.5 Å². The molecule has 11 nitrogen and oxygen atoms in total. The Labute approximate surface area is 299 Å². The molecule has 1 aliphatic heterocycles. The fraction of sp³-hybridized carbons (Fsp3) is 0.343. The summed E-state index contributed by atoms with van der Waals surface area (Å²) < 4.78 is 59.7. The van der Waals surface area contributed by atoms with Crippen LogP contribution in [0.3, 0.4) is 0 Å². The summed E-state index contributed by atoms with van der Waals surface area (Å²) in [6.07, 6.45) is 6.09. The van der Waals surface area contributed by atoms with Crippen LogP contribution in [0.4, 0.5) is 10.1 Å². The lowest BCUT2D eigenvalue weighted by atomic mass is 10.1.